The van der Waals surface area contributed by atoms with Gasteiger partial charge in [-0.25, -0.2) is 4.79 Å². The Morgan fingerprint density at radius 2 is 1.87 bits per heavy atom. The first kappa shape index (κ1) is 22.1. The van der Waals surface area contributed by atoms with Crippen LogP contribution < -0.4 is 11.1 Å². The van der Waals surface area contributed by atoms with Gasteiger partial charge in [0.25, 0.3) is 0 Å². The molecule has 164 valence electrons. The van der Waals surface area contributed by atoms with Crippen molar-refractivity contribution < 1.29 is 14.4 Å². The van der Waals surface area contributed by atoms with Crippen molar-refractivity contribution in [2.24, 2.45) is 5.73 Å². The van der Waals surface area contributed by atoms with Crippen LogP contribution in [0.1, 0.15) is 32.8 Å². The Kier molecular flexibility index (Phi) is 6.08. The zero-order valence-electron chi connectivity index (χ0n) is 18.4. The van der Waals surface area contributed by atoms with E-state index in [2.05, 4.69) is 17.4 Å². The van der Waals surface area contributed by atoms with Crippen LogP contribution in [0.3, 0.4) is 0 Å². The number of fused-ring (bicyclic) bond motifs is 1. The smallest absolute Gasteiger partial charge is 0.320 e. The van der Waals surface area contributed by atoms with Gasteiger partial charge in [0.05, 0.1) is 11.1 Å². The van der Waals surface area contributed by atoms with Crippen molar-refractivity contribution in [2.75, 3.05) is 33.2 Å². The van der Waals surface area contributed by atoms with Crippen molar-refractivity contribution in [1.82, 2.24) is 20.0 Å². The van der Waals surface area contributed by atoms with E-state index in [1.807, 2.05) is 30.0 Å². The first-order valence-corrected chi connectivity index (χ1v) is 10.5. The molecule has 1 aromatic rings. The molecule has 0 radical (unpaired) electrons. The number of nitrogens with zero attached hydrogens (tertiary/aromatic N) is 3. The van der Waals surface area contributed by atoms with Crippen LogP contribution in [0.2, 0.25) is 0 Å². The lowest BCUT2D eigenvalue weighted by molar-refractivity contribution is -0.140. The first-order valence-electron chi connectivity index (χ1n) is 10.5. The Labute approximate surface area is 178 Å². The highest BCUT2D eigenvalue weighted by molar-refractivity contribution is 5.91. The summed E-state index contributed by atoms with van der Waals surface area (Å²) >= 11 is 0. The molecular weight excluding hydrogens is 382 g/mol. The fraction of sp³-hybridized carbons (Fsp3) is 0.591. The highest BCUT2D eigenvalue weighted by Crippen LogP contribution is 2.33. The molecule has 2 aliphatic heterocycles. The fourth-order valence-electron chi connectivity index (χ4n) is 4.40. The zero-order chi connectivity index (χ0) is 22.1. The Hall–Kier alpha value is -2.61. The molecule has 0 bridgehead atoms. The third-order valence-electron chi connectivity index (χ3n) is 6.02. The van der Waals surface area contributed by atoms with Crippen LogP contribution in [-0.4, -0.2) is 82.9 Å². The summed E-state index contributed by atoms with van der Waals surface area (Å²) in [6, 6.07) is 9.41. The van der Waals surface area contributed by atoms with Gasteiger partial charge in [-0.05, 0) is 32.3 Å². The molecule has 2 fully saturated rings. The molecule has 30 heavy (non-hydrogen) atoms. The van der Waals surface area contributed by atoms with Gasteiger partial charge in [-0.2, -0.15) is 0 Å². The molecule has 2 atom stereocenters. The van der Waals surface area contributed by atoms with E-state index >= 15 is 0 Å². The number of benzene rings is 1. The molecule has 2 aliphatic rings. The predicted octanol–water partition coefficient (Wildman–Crippen LogP) is 0.810. The number of hydrogen-bond acceptors (Lipinski definition) is 4. The van der Waals surface area contributed by atoms with E-state index in [0.717, 1.165) is 5.56 Å². The number of nitrogens with one attached hydrogen (secondary N) is 1. The molecule has 0 saturated carbocycles. The van der Waals surface area contributed by atoms with Crippen LogP contribution in [0.4, 0.5) is 4.79 Å². The molecular formula is C22H33N5O3. The number of rotatable bonds is 6. The van der Waals surface area contributed by atoms with Gasteiger partial charge >= 0.3 is 6.03 Å². The number of amides is 4. The largest absolute Gasteiger partial charge is 0.343 e. The molecule has 2 unspecified atom stereocenters. The van der Waals surface area contributed by atoms with Gasteiger partial charge in [0.15, 0.2) is 0 Å². The van der Waals surface area contributed by atoms with Crippen molar-refractivity contribution in [2.45, 2.75) is 50.7 Å². The summed E-state index contributed by atoms with van der Waals surface area (Å²) in [6.07, 6.45) is 1.15. The number of nitrogens with two attached hydrogens (primary N) is 1. The number of carbonyl (C=O) groups excluding carboxylic acids is 3. The summed E-state index contributed by atoms with van der Waals surface area (Å²) in [7, 11) is 1.80. The molecule has 8 nitrogen and oxygen atoms in total. The lowest BCUT2D eigenvalue weighted by Gasteiger charge is -2.46. The standard InChI is InChI=1S/C22H33N5O3/c1-5-17(24-19(29)21(2,3)23)18(28)26-11-12-27-20(30)25(4)14-22(27,15-26)13-16-9-7-6-8-10-16/h6-10,17H,5,11-15,23H2,1-4H3,(H,24,29). The van der Waals surface area contributed by atoms with Gasteiger partial charge < -0.3 is 25.8 Å². The van der Waals surface area contributed by atoms with E-state index in [9.17, 15) is 14.4 Å². The molecule has 0 spiro atoms. The van der Waals surface area contributed by atoms with E-state index < -0.39 is 17.1 Å². The number of likely N-dealkylation sites (N-methyl/N-ethyl adjacent to an activating group) is 1. The quantitative estimate of drug-likeness (QED) is 0.718. The van der Waals surface area contributed by atoms with Gasteiger partial charge in [-0.3, -0.25) is 9.59 Å². The topological polar surface area (TPSA) is 99.0 Å². The van der Waals surface area contributed by atoms with E-state index in [4.69, 9.17) is 5.73 Å². The first-order chi connectivity index (χ1) is 14.1. The second kappa shape index (κ2) is 8.26. The van der Waals surface area contributed by atoms with Crippen LogP contribution in [0, 0.1) is 0 Å². The van der Waals surface area contributed by atoms with Gasteiger partial charge in [0.1, 0.15) is 6.04 Å². The summed E-state index contributed by atoms with van der Waals surface area (Å²) in [6.45, 7) is 7.04. The van der Waals surface area contributed by atoms with E-state index in [0.29, 0.717) is 39.0 Å². The molecule has 0 aromatic heterocycles. The van der Waals surface area contributed by atoms with Crippen molar-refractivity contribution in [3.63, 3.8) is 0 Å². The van der Waals surface area contributed by atoms with Crippen LogP contribution in [0.15, 0.2) is 30.3 Å². The maximum atomic E-state index is 13.3. The second-order valence-electron chi connectivity index (χ2n) is 9.09. The molecule has 8 heteroatoms. The van der Waals surface area contributed by atoms with Crippen LogP contribution in [0.25, 0.3) is 0 Å². The summed E-state index contributed by atoms with van der Waals surface area (Å²) in [5.74, 6) is -0.472. The van der Waals surface area contributed by atoms with Gasteiger partial charge in [-0.15, -0.1) is 0 Å². The SMILES string of the molecule is CCC(NC(=O)C(C)(C)N)C(=O)N1CCN2C(=O)N(C)CC2(Cc2ccccc2)C1. The minimum absolute atomic E-state index is 0.00301. The monoisotopic (exact) mass is 415 g/mol. The zero-order valence-corrected chi connectivity index (χ0v) is 18.4. The molecule has 4 amide bonds. The Morgan fingerprint density at radius 3 is 2.47 bits per heavy atom. The summed E-state index contributed by atoms with van der Waals surface area (Å²) in [5.41, 5.74) is 5.48. The lowest BCUT2D eigenvalue weighted by Crippen LogP contribution is -2.65. The highest BCUT2D eigenvalue weighted by atomic mass is 16.2. The fourth-order valence-corrected chi connectivity index (χ4v) is 4.40. The lowest BCUT2D eigenvalue weighted by atomic mass is 9.87. The summed E-state index contributed by atoms with van der Waals surface area (Å²) in [4.78, 5) is 43.8. The van der Waals surface area contributed by atoms with E-state index in [1.54, 1.807) is 30.7 Å². The van der Waals surface area contributed by atoms with Gasteiger partial charge in [-0.1, -0.05) is 37.3 Å². The molecule has 2 heterocycles. The third-order valence-corrected chi connectivity index (χ3v) is 6.02. The molecule has 1 aromatic carbocycles. The summed E-state index contributed by atoms with van der Waals surface area (Å²) in [5, 5.41) is 2.80. The van der Waals surface area contributed by atoms with Crippen molar-refractivity contribution in [3.8, 4) is 0 Å². The predicted molar refractivity (Wildman–Crippen MR) is 115 cm³/mol. The summed E-state index contributed by atoms with van der Waals surface area (Å²) < 4.78 is 0. The number of hydrogen-bond donors (Lipinski definition) is 2. The average molecular weight is 416 g/mol. The maximum absolute atomic E-state index is 13.3. The molecule has 3 rings (SSSR count). The minimum Gasteiger partial charge on any atom is -0.343 e. The number of carbonyl (C=O) groups is 3. The van der Waals surface area contributed by atoms with E-state index in [1.165, 1.54) is 0 Å². The molecule has 3 N–H and O–H groups in total. The average Bonchev–Trinajstić information content (AvgIpc) is 2.94. The number of piperazine rings is 1. The Morgan fingerprint density at radius 1 is 1.20 bits per heavy atom. The van der Waals surface area contributed by atoms with Crippen LogP contribution in [0.5, 0.6) is 0 Å². The Bertz CT molecular complexity index is 807. The van der Waals surface area contributed by atoms with Crippen LogP contribution in [-0.2, 0) is 16.0 Å². The number of urea groups is 1. The van der Waals surface area contributed by atoms with Crippen molar-refractivity contribution >= 4 is 17.8 Å². The minimum atomic E-state index is -1.05. The second-order valence-corrected chi connectivity index (χ2v) is 9.09. The van der Waals surface area contributed by atoms with Crippen molar-refractivity contribution in [1.29, 1.82) is 0 Å². The molecule has 2 saturated heterocycles. The van der Waals surface area contributed by atoms with Crippen LogP contribution >= 0.6 is 0 Å². The highest BCUT2D eigenvalue weighted by Gasteiger charge is 2.52. The normalized spacial score (nSPS) is 22.7. The van der Waals surface area contributed by atoms with Gasteiger partial charge in [0, 0.05) is 33.2 Å². The Balaban J connectivity index is 1.81. The van der Waals surface area contributed by atoms with Gasteiger partial charge in [0.2, 0.25) is 11.8 Å². The third kappa shape index (κ3) is 4.28. The van der Waals surface area contributed by atoms with Crippen molar-refractivity contribution in [3.05, 3.63) is 35.9 Å². The van der Waals surface area contributed by atoms with E-state index in [-0.39, 0.29) is 17.8 Å². The maximum Gasteiger partial charge on any atom is 0.320 e. The molecule has 0 aliphatic carbocycles.